The van der Waals surface area contributed by atoms with Crippen LogP contribution < -0.4 is 4.74 Å². The van der Waals surface area contributed by atoms with Crippen LogP contribution in [0.25, 0.3) is 0 Å². The second-order valence-electron chi connectivity index (χ2n) is 5.96. The van der Waals surface area contributed by atoms with Gasteiger partial charge < -0.3 is 4.74 Å². The topological polar surface area (TPSA) is 93.6 Å². The van der Waals surface area contributed by atoms with Crippen molar-refractivity contribution in [2.45, 2.75) is 29.2 Å². The molecule has 9 heteroatoms. The van der Waals surface area contributed by atoms with Crippen LogP contribution in [0.5, 0.6) is 5.75 Å². The number of benzene rings is 1. The van der Waals surface area contributed by atoms with Crippen LogP contribution in [0.3, 0.4) is 0 Å². The summed E-state index contributed by atoms with van der Waals surface area (Å²) in [6.45, 7) is 2.14. The molecule has 2 heterocycles. The Morgan fingerprint density at radius 1 is 1.12 bits per heavy atom. The summed E-state index contributed by atoms with van der Waals surface area (Å²) >= 11 is 0. The van der Waals surface area contributed by atoms with Crippen molar-refractivity contribution < 1.29 is 21.6 Å². The largest absolute Gasteiger partial charge is 0.487 e. The zero-order chi connectivity index (χ0) is 18.8. The molecule has 1 aliphatic heterocycles. The monoisotopic (exact) mass is 396 g/mol. The van der Waals surface area contributed by atoms with Crippen LogP contribution in [0.2, 0.25) is 0 Å². The smallest absolute Gasteiger partial charge is 0.243 e. The Kier molecular flexibility index (Phi) is 5.31. The fraction of sp³-hybridized carbons (Fsp3) is 0.353. The molecule has 3 rings (SSSR count). The number of ether oxygens (including phenoxy) is 1. The molecule has 1 fully saturated rings. The van der Waals surface area contributed by atoms with E-state index in [-0.39, 0.29) is 28.2 Å². The first-order chi connectivity index (χ1) is 12.3. The Morgan fingerprint density at radius 3 is 2.42 bits per heavy atom. The molecule has 0 bridgehead atoms. The van der Waals surface area contributed by atoms with Gasteiger partial charge in [-0.2, -0.15) is 4.31 Å². The summed E-state index contributed by atoms with van der Waals surface area (Å²) in [6.07, 6.45) is 3.56. The third-order valence-electron chi connectivity index (χ3n) is 4.25. The van der Waals surface area contributed by atoms with Crippen molar-refractivity contribution in [2.75, 3.05) is 18.8 Å². The molecule has 1 saturated heterocycles. The van der Waals surface area contributed by atoms with Gasteiger partial charge in [0, 0.05) is 12.7 Å². The summed E-state index contributed by atoms with van der Waals surface area (Å²) in [5, 5.41) is 0. The van der Waals surface area contributed by atoms with Gasteiger partial charge in [-0.25, -0.2) is 16.8 Å². The molecule has 140 valence electrons. The molecular weight excluding hydrogens is 376 g/mol. The minimum absolute atomic E-state index is 0.0292. The van der Waals surface area contributed by atoms with Crippen LogP contribution in [0.1, 0.15) is 13.3 Å². The first kappa shape index (κ1) is 18.8. The molecule has 0 N–H and O–H groups in total. The molecular formula is C17H20N2O5S2. The first-order valence-electron chi connectivity index (χ1n) is 8.22. The Labute approximate surface area is 153 Å². The number of rotatable bonds is 6. The maximum Gasteiger partial charge on any atom is 0.243 e. The fourth-order valence-corrected chi connectivity index (χ4v) is 5.13. The van der Waals surface area contributed by atoms with Gasteiger partial charge in [-0.05, 0) is 42.8 Å². The number of sulfonamides is 1. The standard InChI is InChI=1S/C17H20N2O5S2/c1-2-25(20,21)16-5-7-17(8-6-16)26(22,23)19-11-9-15(13-19)24-14-4-3-10-18-12-14/h3-8,10,12,15H,2,9,11,13H2,1H3/t15-/m1/s1. The van der Waals surface area contributed by atoms with Gasteiger partial charge in [0.15, 0.2) is 9.84 Å². The van der Waals surface area contributed by atoms with Gasteiger partial charge in [-0.15, -0.1) is 0 Å². The number of aromatic nitrogens is 1. The van der Waals surface area contributed by atoms with E-state index >= 15 is 0 Å². The molecule has 26 heavy (non-hydrogen) atoms. The second kappa shape index (κ2) is 7.34. The normalized spacial score (nSPS) is 18.7. The van der Waals surface area contributed by atoms with E-state index in [4.69, 9.17) is 4.74 Å². The lowest BCUT2D eigenvalue weighted by atomic mass is 10.3. The SMILES string of the molecule is CCS(=O)(=O)c1ccc(S(=O)(=O)N2CC[C@@H](Oc3cccnc3)C2)cc1. The maximum absolute atomic E-state index is 12.8. The lowest BCUT2D eigenvalue weighted by molar-refractivity contribution is 0.214. The molecule has 0 radical (unpaired) electrons. The molecule has 1 aromatic heterocycles. The summed E-state index contributed by atoms with van der Waals surface area (Å²) in [7, 11) is -7.05. The van der Waals surface area contributed by atoms with Crippen LogP contribution in [0.4, 0.5) is 0 Å². The number of nitrogens with zero attached hydrogens (tertiary/aromatic N) is 2. The van der Waals surface area contributed by atoms with Gasteiger partial charge in [-0.1, -0.05) is 6.92 Å². The van der Waals surface area contributed by atoms with E-state index in [2.05, 4.69) is 4.98 Å². The second-order valence-corrected chi connectivity index (χ2v) is 10.2. The van der Waals surface area contributed by atoms with E-state index in [0.29, 0.717) is 18.7 Å². The first-order valence-corrected chi connectivity index (χ1v) is 11.3. The molecule has 1 aromatic carbocycles. The Hall–Kier alpha value is -1.97. The number of hydrogen-bond donors (Lipinski definition) is 0. The van der Waals surface area contributed by atoms with Crippen molar-refractivity contribution in [3.05, 3.63) is 48.8 Å². The van der Waals surface area contributed by atoms with Crippen LogP contribution in [0, 0.1) is 0 Å². The molecule has 7 nitrogen and oxygen atoms in total. The van der Waals surface area contributed by atoms with Gasteiger partial charge in [0.05, 0.1) is 28.3 Å². The van der Waals surface area contributed by atoms with E-state index in [1.807, 2.05) is 0 Å². The van der Waals surface area contributed by atoms with E-state index < -0.39 is 19.9 Å². The van der Waals surface area contributed by atoms with E-state index in [1.54, 1.807) is 31.5 Å². The van der Waals surface area contributed by atoms with Gasteiger partial charge >= 0.3 is 0 Å². The van der Waals surface area contributed by atoms with E-state index in [0.717, 1.165) is 0 Å². The summed E-state index contributed by atoms with van der Waals surface area (Å²) in [4.78, 5) is 4.17. The molecule has 0 saturated carbocycles. The van der Waals surface area contributed by atoms with Crippen LogP contribution in [0.15, 0.2) is 58.6 Å². The van der Waals surface area contributed by atoms with Gasteiger partial charge in [0.25, 0.3) is 0 Å². The predicted molar refractivity (Wildman–Crippen MR) is 96.2 cm³/mol. The average molecular weight is 396 g/mol. The van der Waals surface area contributed by atoms with Gasteiger partial charge in [0.1, 0.15) is 11.9 Å². The number of hydrogen-bond acceptors (Lipinski definition) is 6. The van der Waals surface area contributed by atoms with Crippen LogP contribution >= 0.6 is 0 Å². The van der Waals surface area contributed by atoms with Gasteiger partial charge in [-0.3, -0.25) is 4.98 Å². The Balaban J connectivity index is 1.73. The van der Waals surface area contributed by atoms with E-state index in [1.165, 1.54) is 28.6 Å². The Bertz CT molecular complexity index is 958. The summed E-state index contributed by atoms with van der Waals surface area (Å²) in [5.41, 5.74) is 0. The fourth-order valence-electron chi connectivity index (χ4n) is 2.76. The molecule has 0 amide bonds. The zero-order valence-corrected chi connectivity index (χ0v) is 15.9. The van der Waals surface area contributed by atoms with Crippen molar-refractivity contribution in [1.29, 1.82) is 0 Å². The minimum Gasteiger partial charge on any atom is -0.487 e. The quantitative estimate of drug-likeness (QED) is 0.738. The molecule has 0 unspecified atom stereocenters. The highest BCUT2D eigenvalue weighted by Gasteiger charge is 2.33. The van der Waals surface area contributed by atoms with Crippen LogP contribution in [-0.4, -0.2) is 51.1 Å². The lowest BCUT2D eigenvalue weighted by Crippen LogP contribution is -2.31. The highest BCUT2D eigenvalue weighted by atomic mass is 32.2. The van der Waals surface area contributed by atoms with Crippen molar-refractivity contribution in [2.24, 2.45) is 0 Å². The number of sulfone groups is 1. The average Bonchev–Trinajstić information content (AvgIpc) is 3.12. The highest BCUT2D eigenvalue weighted by Crippen LogP contribution is 2.25. The minimum atomic E-state index is -3.69. The lowest BCUT2D eigenvalue weighted by Gasteiger charge is -2.17. The number of pyridine rings is 1. The van der Waals surface area contributed by atoms with E-state index in [9.17, 15) is 16.8 Å². The molecule has 0 spiro atoms. The van der Waals surface area contributed by atoms with Gasteiger partial charge in [0.2, 0.25) is 10.0 Å². The molecule has 1 atom stereocenters. The van der Waals surface area contributed by atoms with Crippen molar-refractivity contribution in [1.82, 2.24) is 9.29 Å². The third-order valence-corrected chi connectivity index (χ3v) is 7.88. The maximum atomic E-state index is 12.8. The predicted octanol–water partition coefficient (Wildman–Crippen LogP) is 1.72. The van der Waals surface area contributed by atoms with Crippen LogP contribution in [-0.2, 0) is 19.9 Å². The summed E-state index contributed by atoms with van der Waals surface area (Å²) in [5.74, 6) is 0.573. The summed E-state index contributed by atoms with van der Waals surface area (Å²) < 4.78 is 56.4. The molecule has 1 aliphatic rings. The molecule has 0 aliphatic carbocycles. The van der Waals surface area contributed by atoms with Crippen molar-refractivity contribution in [3.8, 4) is 5.75 Å². The Morgan fingerprint density at radius 2 is 1.81 bits per heavy atom. The highest BCUT2D eigenvalue weighted by molar-refractivity contribution is 7.91. The third kappa shape index (κ3) is 3.89. The summed E-state index contributed by atoms with van der Waals surface area (Å²) in [6, 6.07) is 8.89. The van der Waals surface area contributed by atoms with Crippen molar-refractivity contribution >= 4 is 19.9 Å². The van der Waals surface area contributed by atoms with Crippen molar-refractivity contribution in [3.63, 3.8) is 0 Å². The molecule has 2 aromatic rings. The zero-order valence-electron chi connectivity index (χ0n) is 14.3.